The van der Waals surface area contributed by atoms with Crippen molar-refractivity contribution in [2.24, 2.45) is 0 Å². The third kappa shape index (κ3) is 7.63. The van der Waals surface area contributed by atoms with Crippen LogP contribution in [-0.4, -0.2) is 22.8 Å². The van der Waals surface area contributed by atoms with E-state index in [1.807, 2.05) is 75.4 Å². The maximum absolute atomic E-state index is 11.9. The summed E-state index contributed by atoms with van der Waals surface area (Å²) in [7, 11) is 0. The monoisotopic (exact) mass is 525 g/mol. The molecule has 0 aliphatic carbocycles. The molecule has 7 heteroatoms. The first-order chi connectivity index (χ1) is 16.1. The van der Waals surface area contributed by atoms with Gasteiger partial charge in [0.05, 0.1) is 10.9 Å². The number of carboxylic acid groups (broad SMARTS) is 1. The van der Waals surface area contributed by atoms with Crippen LogP contribution in [0.1, 0.15) is 37.5 Å². The molecule has 6 nitrogen and oxygen atoms in total. The molecule has 3 aromatic carbocycles. The fraction of sp³-hybridized carbons (Fsp3) is 0.259. The van der Waals surface area contributed by atoms with Crippen LogP contribution in [0.15, 0.2) is 71.2 Å². The second kappa shape index (κ2) is 11.2. The van der Waals surface area contributed by atoms with E-state index in [9.17, 15) is 9.59 Å². The fourth-order valence-electron chi connectivity index (χ4n) is 3.36. The number of hydrogen-bond donors (Lipinski definition) is 2. The van der Waals surface area contributed by atoms with E-state index in [2.05, 4.69) is 21.2 Å². The van der Waals surface area contributed by atoms with Crippen LogP contribution in [0.4, 0.5) is 4.79 Å². The van der Waals surface area contributed by atoms with E-state index >= 15 is 0 Å². The minimum atomic E-state index is -0.911. The fourth-order valence-corrected chi connectivity index (χ4v) is 3.88. The third-order valence-electron chi connectivity index (χ3n) is 4.80. The summed E-state index contributed by atoms with van der Waals surface area (Å²) in [5, 5.41) is 12.0. The number of para-hydroxylation sites is 1. The number of hydrogen-bond acceptors (Lipinski definition) is 4. The van der Waals surface area contributed by atoms with Crippen LogP contribution in [0.25, 0.3) is 11.1 Å². The highest BCUT2D eigenvalue weighted by Gasteiger charge is 2.16. The standard InChI is InChI=1S/C27H28BrNO5/c1-27(2,3)34-26(32)29-16-18-7-4-9-20(13-18)21-10-5-8-19(14-21)17-33-25-22(15-24(30)31)11-6-12-23(25)28/h4-14H,15-17H2,1-3H3,(H,29,32)(H,30,31). The van der Waals surface area contributed by atoms with Crippen molar-refractivity contribution in [2.45, 2.75) is 45.9 Å². The smallest absolute Gasteiger partial charge is 0.407 e. The lowest BCUT2D eigenvalue weighted by Crippen LogP contribution is -2.32. The largest absolute Gasteiger partial charge is 0.487 e. The summed E-state index contributed by atoms with van der Waals surface area (Å²) in [4.78, 5) is 23.1. The number of carbonyl (C=O) groups excluding carboxylic acids is 1. The summed E-state index contributed by atoms with van der Waals surface area (Å²) in [6, 6.07) is 21.3. The molecule has 0 bridgehead atoms. The second-order valence-electron chi connectivity index (χ2n) is 8.84. The van der Waals surface area contributed by atoms with E-state index in [0.29, 0.717) is 28.9 Å². The maximum Gasteiger partial charge on any atom is 0.407 e. The van der Waals surface area contributed by atoms with Gasteiger partial charge in [-0.2, -0.15) is 0 Å². The zero-order chi connectivity index (χ0) is 24.7. The van der Waals surface area contributed by atoms with Gasteiger partial charge in [-0.05, 0) is 77.2 Å². The Kier molecular flexibility index (Phi) is 8.34. The Morgan fingerprint density at radius 3 is 2.21 bits per heavy atom. The highest BCUT2D eigenvalue weighted by atomic mass is 79.9. The van der Waals surface area contributed by atoms with Crippen molar-refractivity contribution in [3.63, 3.8) is 0 Å². The summed E-state index contributed by atoms with van der Waals surface area (Å²) >= 11 is 3.45. The van der Waals surface area contributed by atoms with E-state index in [0.717, 1.165) is 22.3 Å². The summed E-state index contributed by atoms with van der Waals surface area (Å²) < 4.78 is 12.0. The van der Waals surface area contributed by atoms with Gasteiger partial charge in [-0.15, -0.1) is 0 Å². The van der Waals surface area contributed by atoms with E-state index in [1.165, 1.54) is 0 Å². The molecule has 0 unspecified atom stereocenters. The molecule has 0 atom stereocenters. The predicted molar refractivity (Wildman–Crippen MR) is 135 cm³/mol. The highest BCUT2D eigenvalue weighted by Crippen LogP contribution is 2.31. The lowest BCUT2D eigenvalue weighted by atomic mass is 10.0. The Bertz CT molecular complexity index is 1170. The number of carboxylic acids is 1. The summed E-state index contributed by atoms with van der Waals surface area (Å²) in [5.41, 5.74) is 4.00. The van der Waals surface area contributed by atoms with E-state index in [4.69, 9.17) is 14.6 Å². The van der Waals surface area contributed by atoms with Gasteiger partial charge in [0, 0.05) is 12.1 Å². The molecule has 2 N–H and O–H groups in total. The van der Waals surface area contributed by atoms with Gasteiger partial charge in [0.2, 0.25) is 0 Å². The molecule has 0 aliphatic heterocycles. The molecule has 0 spiro atoms. The van der Waals surface area contributed by atoms with Crippen LogP contribution in [-0.2, 0) is 29.1 Å². The first-order valence-electron chi connectivity index (χ1n) is 10.9. The van der Waals surface area contributed by atoms with Gasteiger partial charge in [0.25, 0.3) is 0 Å². The van der Waals surface area contributed by atoms with Gasteiger partial charge in [-0.3, -0.25) is 4.79 Å². The molecule has 0 saturated carbocycles. The van der Waals surface area contributed by atoms with Crippen LogP contribution in [0, 0.1) is 0 Å². The van der Waals surface area contributed by atoms with Crippen LogP contribution in [0.2, 0.25) is 0 Å². The molecule has 0 saturated heterocycles. The normalized spacial score (nSPS) is 11.1. The minimum absolute atomic E-state index is 0.112. The average Bonchev–Trinajstić information content (AvgIpc) is 2.76. The lowest BCUT2D eigenvalue weighted by Gasteiger charge is -2.19. The van der Waals surface area contributed by atoms with Crippen LogP contribution in [0.5, 0.6) is 5.75 Å². The van der Waals surface area contributed by atoms with Crippen molar-refractivity contribution in [1.29, 1.82) is 0 Å². The van der Waals surface area contributed by atoms with E-state index < -0.39 is 17.7 Å². The first-order valence-corrected chi connectivity index (χ1v) is 11.7. The molecule has 1 amide bonds. The summed E-state index contributed by atoms with van der Waals surface area (Å²) in [6.45, 7) is 6.14. The van der Waals surface area contributed by atoms with E-state index in [-0.39, 0.29) is 6.42 Å². The number of ether oxygens (including phenoxy) is 2. The SMILES string of the molecule is CC(C)(C)OC(=O)NCc1cccc(-c2cccc(COc3c(Br)cccc3CC(=O)O)c2)c1. The van der Waals surface area contributed by atoms with Crippen molar-refractivity contribution in [3.8, 4) is 16.9 Å². The lowest BCUT2D eigenvalue weighted by molar-refractivity contribution is -0.136. The number of rotatable bonds is 8. The third-order valence-corrected chi connectivity index (χ3v) is 5.42. The Morgan fingerprint density at radius 2 is 1.56 bits per heavy atom. The zero-order valence-corrected chi connectivity index (χ0v) is 21.0. The molecule has 0 aliphatic rings. The molecule has 34 heavy (non-hydrogen) atoms. The molecular weight excluding hydrogens is 498 g/mol. The van der Waals surface area contributed by atoms with Gasteiger partial charge in [-0.25, -0.2) is 4.79 Å². The quantitative estimate of drug-likeness (QED) is 0.358. The zero-order valence-electron chi connectivity index (χ0n) is 19.4. The van der Waals surface area contributed by atoms with Crippen molar-refractivity contribution in [1.82, 2.24) is 5.32 Å². The molecule has 3 aromatic rings. The van der Waals surface area contributed by atoms with Crippen molar-refractivity contribution in [2.75, 3.05) is 0 Å². The topological polar surface area (TPSA) is 84.9 Å². The predicted octanol–water partition coefficient (Wildman–Crippen LogP) is 6.35. The Labute approximate surface area is 208 Å². The molecule has 0 aromatic heterocycles. The van der Waals surface area contributed by atoms with Crippen LogP contribution >= 0.6 is 15.9 Å². The van der Waals surface area contributed by atoms with Crippen molar-refractivity contribution < 1.29 is 24.2 Å². The highest BCUT2D eigenvalue weighted by molar-refractivity contribution is 9.10. The number of aliphatic carboxylic acids is 1. The molecule has 3 rings (SSSR count). The Hall–Kier alpha value is -3.32. The number of halogens is 1. The van der Waals surface area contributed by atoms with Crippen molar-refractivity contribution >= 4 is 28.0 Å². The summed E-state index contributed by atoms with van der Waals surface area (Å²) in [5.74, 6) is -0.378. The van der Waals surface area contributed by atoms with E-state index in [1.54, 1.807) is 12.1 Å². The molecular formula is C27H28BrNO5. The van der Waals surface area contributed by atoms with Crippen LogP contribution < -0.4 is 10.1 Å². The number of benzene rings is 3. The molecule has 178 valence electrons. The van der Waals surface area contributed by atoms with Gasteiger partial charge in [0.1, 0.15) is 18.0 Å². The number of amides is 1. The summed E-state index contributed by atoms with van der Waals surface area (Å²) in [6.07, 6.45) is -0.565. The Morgan fingerprint density at radius 1 is 0.941 bits per heavy atom. The molecule has 0 heterocycles. The minimum Gasteiger partial charge on any atom is -0.487 e. The number of carbonyl (C=O) groups is 2. The molecule has 0 fully saturated rings. The van der Waals surface area contributed by atoms with Crippen molar-refractivity contribution in [3.05, 3.63) is 87.9 Å². The first kappa shape index (κ1) is 25.3. The van der Waals surface area contributed by atoms with Gasteiger partial charge in [-0.1, -0.05) is 48.5 Å². The number of alkyl carbamates (subject to hydrolysis) is 1. The Balaban J connectivity index is 1.70. The number of nitrogens with one attached hydrogen (secondary N) is 1. The second-order valence-corrected chi connectivity index (χ2v) is 9.70. The maximum atomic E-state index is 11.9. The van der Waals surface area contributed by atoms with Gasteiger partial charge in [0.15, 0.2) is 0 Å². The molecule has 0 radical (unpaired) electrons. The van der Waals surface area contributed by atoms with Crippen LogP contribution in [0.3, 0.4) is 0 Å². The van der Waals surface area contributed by atoms with Gasteiger partial charge < -0.3 is 19.9 Å². The van der Waals surface area contributed by atoms with Gasteiger partial charge >= 0.3 is 12.1 Å². The average molecular weight is 526 g/mol.